The average molecular weight is 419 g/mol. The van der Waals surface area contributed by atoms with E-state index in [-0.39, 0.29) is 17.8 Å². The molecule has 0 spiro atoms. The van der Waals surface area contributed by atoms with Gasteiger partial charge in [-0.1, -0.05) is 0 Å². The zero-order valence-electron chi connectivity index (χ0n) is 18.0. The number of esters is 1. The van der Waals surface area contributed by atoms with Crippen molar-refractivity contribution < 1.29 is 19.1 Å². The number of carbonyl (C=O) groups is 2. The fourth-order valence-corrected chi connectivity index (χ4v) is 5.55. The third-order valence-corrected chi connectivity index (χ3v) is 7.26. The Morgan fingerprint density at radius 1 is 1.30 bits per heavy atom. The fraction of sp³-hybridized carbons (Fsp3) is 0.773. The topological polar surface area (TPSA) is 87.8 Å². The summed E-state index contributed by atoms with van der Waals surface area (Å²) in [5.74, 6) is 0.285. The van der Waals surface area contributed by atoms with Crippen molar-refractivity contribution in [1.29, 1.82) is 0 Å². The Balaban J connectivity index is 1.43. The first kappa shape index (κ1) is 21.3. The second-order valence-corrected chi connectivity index (χ2v) is 8.86. The first-order valence-corrected chi connectivity index (χ1v) is 11.4. The van der Waals surface area contributed by atoms with E-state index in [0.29, 0.717) is 32.0 Å². The number of nitrogens with one attached hydrogen (secondary N) is 1. The smallest absolute Gasteiger partial charge is 0.314 e. The third-order valence-electron chi connectivity index (χ3n) is 7.26. The van der Waals surface area contributed by atoms with Crippen molar-refractivity contribution in [2.45, 2.75) is 51.5 Å². The number of hydrogen-bond acceptors (Lipinski definition) is 6. The number of carbonyl (C=O) groups excluding carboxylic acids is 2. The summed E-state index contributed by atoms with van der Waals surface area (Å²) in [6.45, 7) is 7.01. The molecule has 30 heavy (non-hydrogen) atoms. The number of morpholine rings is 1. The van der Waals surface area contributed by atoms with Crippen LogP contribution in [0.4, 0.5) is 0 Å². The zero-order chi connectivity index (χ0) is 21.0. The molecule has 3 aliphatic rings. The number of fused-ring (bicyclic) bond motifs is 1. The molecule has 166 valence electrons. The Morgan fingerprint density at radius 3 is 2.87 bits per heavy atom. The number of likely N-dealkylation sites (tertiary alicyclic amines) is 1. The zero-order valence-corrected chi connectivity index (χ0v) is 18.0. The van der Waals surface area contributed by atoms with Crippen LogP contribution in [0.5, 0.6) is 0 Å². The molecule has 1 aromatic heterocycles. The number of aryl methyl sites for hydroxylation is 1. The SMILES string of the molecule is CCOC(=O)[C@@]12CC[C@H](N3CCOCC3)C[C@H]1CCN(C(=O)CCc1cn[nH]c1)C2. The van der Waals surface area contributed by atoms with Crippen molar-refractivity contribution >= 4 is 11.9 Å². The highest BCUT2D eigenvalue weighted by atomic mass is 16.5. The predicted octanol–water partition coefficient (Wildman–Crippen LogP) is 1.63. The number of aromatic nitrogens is 2. The number of ether oxygens (including phenoxy) is 2. The Bertz CT molecular complexity index is 719. The van der Waals surface area contributed by atoms with Gasteiger partial charge in [-0.2, -0.15) is 5.10 Å². The van der Waals surface area contributed by atoms with Gasteiger partial charge in [0.05, 0.1) is 31.4 Å². The molecule has 3 fully saturated rings. The normalized spacial score (nSPS) is 30.0. The molecule has 3 atom stereocenters. The van der Waals surface area contributed by atoms with E-state index < -0.39 is 5.41 Å². The van der Waals surface area contributed by atoms with E-state index >= 15 is 0 Å². The first-order chi connectivity index (χ1) is 14.6. The summed E-state index contributed by atoms with van der Waals surface area (Å²) >= 11 is 0. The van der Waals surface area contributed by atoms with Gasteiger partial charge in [0.1, 0.15) is 0 Å². The molecule has 2 aliphatic heterocycles. The van der Waals surface area contributed by atoms with Crippen LogP contribution in [0.3, 0.4) is 0 Å². The molecule has 4 rings (SSSR count). The number of rotatable bonds is 6. The Kier molecular flexibility index (Phi) is 6.73. The molecular weight excluding hydrogens is 384 g/mol. The second kappa shape index (κ2) is 9.47. The molecule has 0 unspecified atom stereocenters. The van der Waals surface area contributed by atoms with Crippen LogP contribution in [0.15, 0.2) is 12.4 Å². The quantitative estimate of drug-likeness (QED) is 0.707. The largest absolute Gasteiger partial charge is 0.466 e. The minimum absolute atomic E-state index is 0.109. The molecule has 8 nitrogen and oxygen atoms in total. The Hall–Kier alpha value is -1.93. The minimum Gasteiger partial charge on any atom is -0.466 e. The lowest BCUT2D eigenvalue weighted by Crippen LogP contribution is -2.59. The van der Waals surface area contributed by atoms with E-state index in [2.05, 4.69) is 15.1 Å². The maximum absolute atomic E-state index is 13.1. The average Bonchev–Trinajstić information content (AvgIpc) is 3.31. The van der Waals surface area contributed by atoms with Gasteiger partial charge in [-0.15, -0.1) is 0 Å². The van der Waals surface area contributed by atoms with Crippen LogP contribution in [0.25, 0.3) is 0 Å². The van der Waals surface area contributed by atoms with Crippen LogP contribution in [0.2, 0.25) is 0 Å². The summed E-state index contributed by atoms with van der Waals surface area (Å²) in [6, 6.07) is 0.504. The minimum atomic E-state index is -0.553. The lowest BCUT2D eigenvalue weighted by atomic mass is 9.61. The van der Waals surface area contributed by atoms with Crippen LogP contribution in [0.1, 0.15) is 44.6 Å². The van der Waals surface area contributed by atoms with Crippen LogP contribution in [-0.4, -0.2) is 83.9 Å². The summed E-state index contributed by atoms with van der Waals surface area (Å²) in [5.41, 5.74) is 0.479. The fourth-order valence-electron chi connectivity index (χ4n) is 5.55. The maximum atomic E-state index is 13.1. The summed E-state index contributed by atoms with van der Waals surface area (Å²) in [5, 5.41) is 6.73. The number of nitrogens with zero attached hydrogens (tertiary/aromatic N) is 3. The number of H-pyrrole nitrogens is 1. The standard InChI is InChI=1S/C22H34N4O4/c1-2-30-21(28)22-7-5-19(25-9-11-29-12-10-25)13-18(22)6-8-26(16-22)20(27)4-3-17-14-23-24-15-17/h14-15,18-19H,2-13,16H2,1H3,(H,23,24)/t18-,19+,22-/m1/s1. The van der Waals surface area contributed by atoms with Crippen LogP contribution < -0.4 is 0 Å². The van der Waals surface area contributed by atoms with Crippen LogP contribution in [0, 0.1) is 11.3 Å². The molecule has 1 N–H and O–H groups in total. The molecule has 3 heterocycles. The van der Waals surface area contributed by atoms with Crippen LogP contribution >= 0.6 is 0 Å². The Labute approximate surface area is 178 Å². The van der Waals surface area contributed by atoms with Gasteiger partial charge >= 0.3 is 5.97 Å². The van der Waals surface area contributed by atoms with Gasteiger partial charge in [-0.25, -0.2) is 0 Å². The molecule has 0 bridgehead atoms. The monoisotopic (exact) mass is 418 g/mol. The summed E-state index contributed by atoms with van der Waals surface area (Å²) in [7, 11) is 0. The maximum Gasteiger partial charge on any atom is 0.314 e. The highest BCUT2D eigenvalue weighted by Crippen LogP contribution is 2.48. The molecule has 1 aromatic rings. The van der Waals surface area contributed by atoms with E-state index in [0.717, 1.165) is 64.1 Å². The molecule has 8 heteroatoms. The highest BCUT2D eigenvalue weighted by Gasteiger charge is 2.54. The van der Waals surface area contributed by atoms with Crippen molar-refractivity contribution in [3.63, 3.8) is 0 Å². The molecule has 0 aromatic carbocycles. The van der Waals surface area contributed by atoms with Crippen molar-refractivity contribution in [1.82, 2.24) is 20.0 Å². The van der Waals surface area contributed by atoms with Gasteiger partial charge in [0.2, 0.25) is 5.91 Å². The van der Waals surface area contributed by atoms with Crippen molar-refractivity contribution in [2.75, 3.05) is 46.0 Å². The van der Waals surface area contributed by atoms with Crippen LogP contribution in [-0.2, 0) is 25.5 Å². The molecule has 1 amide bonds. The van der Waals surface area contributed by atoms with Gasteiger partial charge in [0.15, 0.2) is 0 Å². The molecule has 1 aliphatic carbocycles. The Morgan fingerprint density at radius 2 is 2.13 bits per heavy atom. The van der Waals surface area contributed by atoms with Gasteiger partial charge < -0.3 is 14.4 Å². The third kappa shape index (κ3) is 4.39. The van der Waals surface area contributed by atoms with E-state index in [1.807, 2.05) is 18.0 Å². The van der Waals surface area contributed by atoms with Crippen molar-refractivity contribution in [3.05, 3.63) is 18.0 Å². The van der Waals surface area contributed by atoms with E-state index in [4.69, 9.17) is 9.47 Å². The van der Waals surface area contributed by atoms with Crippen molar-refractivity contribution in [2.24, 2.45) is 11.3 Å². The van der Waals surface area contributed by atoms with Gasteiger partial charge in [-0.05, 0) is 50.5 Å². The second-order valence-electron chi connectivity index (χ2n) is 8.86. The number of aromatic amines is 1. The predicted molar refractivity (Wildman–Crippen MR) is 111 cm³/mol. The summed E-state index contributed by atoms with van der Waals surface area (Å²) in [6.07, 6.45) is 8.35. The molecular formula is C22H34N4O4. The molecule has 1 saturated carbocycles. The number of hydrogen-bond donors (Lipinski definition) is 1. The van der Waals surface area contributed by atoms with E-state index in [1.165, 1.54) is 0 Å². The number of piperidine rings is 1. The van der Waals surface area contributed by atoms with Gasteiger partial charge in [0.25, 0.3) is 0 Å². The molecule has 2 saturated heterocycles. The van der Waals surface area contributed by atoms with E-state index in [1.54, 1.807) is 6.20 Å². The summed E-state index contributed by atoms with van der Waals surface area (Å²) in [4.78, 5) is 30.5. The van der Waals surface area contributed by atoms with E-state index in [9.17, 15) is 9.59 Å². The van der Waals surface area contributed by atoms with Gasteiger partial charge in [-0.3, -0.25) is 19.6 Å². The van der Waals surface area contributed by atoms with Crippen molar-refractivity contribution in [3.8, 4) is 0 Å². The first-order valence-electron chi connectivity index (χ1n) is 11.4. The molecule has 0 radical (unpaired) electrons. The summed E-state index contributed by atoms with van der Waals surface area (Å²) < 4.78 is 11.1. The highest BCUT2D eigenvalue weighted by molar-refractivity contribution is 5.81. The lowest BCUT2D eigenvalue weighted by molar-refractivity contribution is -0.171. The number of amides is 1. The lowest BCUT2D eigenvalue weighted by Gasteiger charge is -2.52. The van der Waals surface area contributed by atoms with Gasteiger partial charge in [0, 0.05) is 44.8 Å².